The summed E-state index contributed by atoms with van der Waals surface area (Å²) in [7, 11) is 0. The van der Waals surface area contributed by atoms with Gasteiger partial charge in [0.25, 0.3) is 0 Å². The largest absolute Gasteiger partial charge is 0.337 e. The van der Waals surface area contributed by atoms with Gasteiger partial charge in [-0.3, -0.25) is 4.79 Å². The van der Waals surface area contributed by atoms with Crippen molar-refractivity contribution in [1.29, 1.82) is 0 Å². The van der Waals surface area contributed by atoms with Gasteiger partial charge in [0.2, 0.25) is 0 Å². The molecule has 0 aliphatic rings. The highest BCUT2D eigenvalue weighted by molar-refractivity contribution is 5.73. The molecular weight excluding hydrogens is 146 g/mol. The molecule has 0 fully saturated rings. The molecule has 0 atom stereocenters. The fourth-order valence-corrected chi connectivity index (χ4v) is 0.692. The average Bonchev–Trinajstić information content (AvgIpc) is 2.34. The fourth-order valence-electron chi connectivity index (χ4n) is 0.692. The van der Waals surface area contributed by atoms with Crippen LogP contribution in [0.1, 0.15) is 17.4 Å². The zero-order valence-corrected chi connectivity index (χ0v) is 5.98. The quantitative estimate of drug-likeness (QED) is 0.573. The van der Waals surface area contributed by atoms with Gasteiger partial charge in [-0.25, -0.2) is 4.79 Å². The average molecular weight is 153 g/mol. The molecule has 0 unspecified atom stereocenters. The number of nitrogens with zero attached hydrogens (tertiary/aromatic N) is 1. The number of hydrogen-bond donors (Lipinski definition) is 0. The molecule has 0 aliphatic heterocycles. The molecule has 0 saturated carbocycles. The number of aromatic nitrogens is 1. The van der Waals surface area contributed by atoms with E-state index < -0.39 is 5.97 Å². The summed E-state index contributed by atoms with van der Waals surface area (Å²) in [6.45, 7) is 1.27. The minimum absolute atomic E-state index is 0.320. The van der Waals surface area contributed by atoms with Crippen molar-refractivity contribution >= 4 is 12.3 Å². The van der Waals surface area contributed by atoms with Crippen LogP contribution in [0.5, 0.6) is 0 Å². The maximum atomic E-state index is 10.4. The highest BCUT2D eigenvalue weighted by Gasteiger charge is 2.00. The highest BCUT2D eigenvalue weighted by atomic mass is 16.7. The van der Waals surface area contributed by atoms with Crippen molar-refractivity contribution in [2.24, 2.45) is 0 Å². The Bertz CT molecular complexity index is 277. The van der Waals surface area contributed by atoms with Crippen LogP contribution in [0.4, 0.5) is 0 Å². The third kappa shape index (κ3) is 1.67. The normalized spacial score (nSPS) is 9.18. The standard InChI is InChI=1S/C7H7NO3/c1-6(10)11-8-4-2-3-7(8)5-9/h2-5H,1H3. The Balaban J connectivity index is 2.84. The molecule has 58 valence electrons. The molecular formula is C7H7NO3. The molecule has 4 nitrogen and oxygen atoms in total. The van der Waals surface area contributed by atoms with Crippen LogP contribution < -0.4 is 4.84 Å². The van der Waals surface area contributed by atoms with E-state index in [4.69, 9.17) is 0 Å². The van der Waals surface area contributed by atoms with E-state index in [0.717, 1.165) is 4.73 Å². The summed E-state index contributed by atoms with van der Waals surface area (Å²) in [6, 6.07) is 3.17. The van der Waals surface area contributed by atoms with Crippen molar-refractivity contribution in [3.63, 3.8) is 0 Å². The van der Waals surface area contributed by atoms with Gasteiger partial charge in [0.05, 0.1) is 0 Å². The summed E-state index contributed by atoms with van der Waals surface area (Å²) in [5.74, 6) is -0.454. The van der Waals surface area contributed by atoms with Gasteiger partial charge < -0.3 is 4.84 Å². The fraction of sp³-hybridized carbons (Fsp3) is 0.143. The molecule has 0 aromatic carbocycles. The van der Waals surface area contributed by atoms with Crippen LogP contribution in [-0.2, 0) is 4.79 Å². The van der Waals surface area contributed by atoms with Crippen molar-refractivity contribution in [1.82, 2.24) is 4.73 Å². The van der Waals surface area contributed by atoms with E-state index in [1.807, 2.05) is 0 Å². The van der Waals surface area contributed by atoms with Gasteiger partial charge in [0.1, 0.15) is 5.69 Å². The zero-order chi connectivity index (χ0) is 8.27. The summed E-state index contributed by atoms with van der Waals surface area (Å²) in [4.78, 5) is 25.3. The second-order valence-electron chi connectivity index (χ2n) is 1.96. The molecule has 1 heterocycles. The van der Waals surface area contributed by atoms with E-state index in [1.54, 1.807) is 12.1 Å². The van der Waals surface area contributed by atoms with Crippen molar-refractivity contribution in [2.45, 2.75) is 6.92 Å². The van der Waals surface area contributed by atoms with E-state index in [-0.39, 0.29) is 0 Å². The van der Waals surface area contributed by atoms with Crippen molar-refractivity contribution in [3.05, 3.63) is 24.0 Å². The second kappa shape index (κ2) is 3.01. The van der Waals surface area contributed by atoms with Crippen LogP contribution in [0.3, 0.4) is 0 Å². The predicted molar refractivity (Wildman–Crippen MR) is 37.1 cm³/mol. The van der Waals surface area contributed by atoms with E-state index in [2.05, 4.69) is 4.84 Å². The van der Waals surface area contributed by atoms with Crippen LogP contribution >= 0.6 is 0 Å². The third-order valence-electron chi connectivity index (χ3n) is 1.09. The molecule has 4 heteroatoms. The van der Waals surface area contributed by atoms with E-state index in [1.165, 1.54) is 13.1 Å². The predicted octanol–water partition coefficient (Wildman–Crippen LogP) is 0.276. The van der Waals surface area contributed by atoms with E-state index >= 15 is 0 Å². The van der Waals surface area contributed by atoms with Crippen molar-refractivity contribution in [3.8, 4) is 0 Å². The molecule has 11 heavy (non-hydrogen) atoms. The SMILES string of the molecule is CC(=O)On1cccc1C=O. The molecule has 0 aliphatic carbocycles. The first-order chi connectivity index (χ1) is 5.24. The Labute approximate surface area is 63.3 Å². The van der Waals surface area contributed by atoms with Crippen LogP contribution in [0.25, 0.3) is 0 Å². The molecule has 0 radical (unpaired) electrons. The summed E-state index contributed by atoms with van der Waals surface area (Å²) in [6.07, 6.45) is 2.11. The number of carbonyl (C=O) groups excluding carboxylic acids is 2. The highest BCUT2D eigenvalue weighted by Crippen LogP contribution is 1.95. The topological polar surface area (TPSA) is 48.3 Å². The lowest BCUT2D eigenvalue weighted by Crippen LogP contribution is -2.17. The van der Waals surface area contributed by atoms with Gasteiger partial charge in [0, 0.05) is 13.1 Å². The molecule has 0 bridgehead atoms. The molecule has 0 N–H and O–H groups in total. The maximum absolute atomic E-state index is 10.4. The van der Waals surface area contributed by atoms with E-state index in [0.29, 0.717) is 12.0 Å². The monoisotopic (exact) mass is 153 g/mol. The maximum Gasteiger partial charge on any atom is 0.329 e. The van der Waals surface area contributed by atoms with Crippen molar-refractivity contribution < 1.29 is 14.4 Å². The van der Waals surface area contributed by atoms with Gasteiger partial charge in [-0.2, -0.15) is 4.73 Å². The summed E-state index contributed by atoms with van der Waals surface area (Å²) >= 11 is 0. The first kappa shape index (κ1) is 7.53. The number of aldehydes is 1. The molecule has 0 amide bonds. The Morgan fingerprint density at radius 2 is 2.45 bits per heavy atom. The number of hydrogen-bond acceptors (Lipinski definition) is 3. The molecule has 1 rings (SSSR count). The first-order valence-electron chi connectivity index (χ1n) is 3.05. The van der Waals surface area contributed by atoms with Gasteiger partial charge >= 0.3 is 5.97 Å². The van der Waals surface area contributed by atoms with Crippen LogP contribution in [0, 0.1) is 0 Å². The Hall–Kier alpha value is -1.58. The smallest absolute Gasteiger partial charge is 0.329 e. The summed E-state index contributed by atoms with van der Waals surface area (Å²) in [5.41, 5.74) is 0.320. The van der Waals surface area contributed by atoms with E-state index in [9.17, 15) is 9.59 Å². The zero-order valence-electron chi connectivity index (χ0n) is 5.98. The lowest BCUT2D eigenvalue weighted by molar-refractivity contribution is -0.141. The Morgan fingerprint density at radius 3 is 3.00 bits per heavy atom. The molecule has 1 aromatic rings. The van der Waals surface area contributed by atoms with Crippen LogP contribution in [0.15, 0.2) is 18.3 Å². The minimum Gasteiger partial charge on any atom is -0.337 e. The molecule has 0 spiro atoms. The van der Waals surface area contributed by atoms with Gasteiger partial charge in [0.15, 0.2) is 6.29 Å². The Morgan fingerprint density at radius 1 is 1.73 bits per heavy atom. The Kier molecular flexibility index (Phi) is 2.06. The van der Waals surface area contributed by atoms with Crippen molar-refractivity contribution in [2.75, 3.05) is 0 Å². The first-order valence-corrected chi connectivity index (χ1v) is 3.05. The van der Waals surface area contributed by atoms with Crippen LogP contribution in [-0.4, -0.2) is 17.0 Å². The molecule has 1 aromatic heterocycles. The number of carbonyl (C=O) groups is 2. The van der Waals surface area contributed by atoms with Gasteiger partial charge in [-0.15, -0.1) is 0 Å². The summed E-state index contributed by atoms with van der Waals surface area (Å²) < 4.78 is 1.12. The lowest BCUT2D eigenvalue weighted by atomic mass is 10.5. The summed E-state index contributed by atoms with van der Waals surface area (Å²) in [5, 5.41) is 0. The van der Waals surface area contributed by atoms with Crippen LogP contribution in [0.2, 0.25) is 0 Å². The van der Waals surface area contributed by atoms with Gasteiger partial charge in [-0.1, -0.05) is 0 Å². The number of rotatable bonds is 2. The van der Waals surface area contributed by atoms with Gasteiger partial charge in [-0.05, 0) is 12.1 Å². The third-order valence-corrected chi connectivity index (χ3v) is 1.09. The lowest BCUT2D eigenvalue weighted by Gasteiger charge is -2.01. The minimum atomic E-state index is -0.454. The second-order valence-corrected chi connectivity index (χ2v) is 1.96. The molecule has 0 saturated heterocycles.